The van der Waals surface area contributed by atoms with Crippen LogP contribution in [0.1, 0.15) is 23.9 Å². The number of hydrogen-bond donors (Lipinski definition) is 2. The lowest BCUT2D eigenvalue weighted by molar-refractivity contribution is -0.126. The lowest BCUT2D eigenvalue weighted by Gasteiger charge is -2.31. The van der Waals surface area contributed by atoms with Crippen molar-refractivity contribution in [2.75, 3.05) is 13.1 Å². The smallest absolute Gasteiger partial charge is 0.223 e. The van der Waals surface area contributed by atoms with Gasteiger partial charge in [0.05, 0.1) is 11.4 Å². The molecule has 1 atom stereocenters. The third kappa shape index (κ3) is 3.79. The molecule has 0 aliphatic carbocycles. The summed E-state index contributed by atoms with van der Waals surface area (Å²) in [5.41, 5.74) is 4.19. The molecular formula is C18H25ClN4O. The van der Waals surface area contributed by atoms with Crippen molar-refractivity contribution in [3.05, 3.63) is 47.3 Å². The molecular weight excluding hydrogens is 324 g/mol. The second kappa shape index (κ2) is 7.81. The van der Waals surface area contributed by atoms with Crippen LogP contribution >= 0.6 is 12.4 Å². The molecule has 0 saturated carbocycles. The van der Waals surface area contributed by atoms with E-state index in [4.69, 9.17) is 0 Å². The molecule has 1 saturated heterocycles. The molecule has 1 fully saturated rings. The standard InChI is InChI=1S/C18H24N4O.ClH/c1-12-8-13(2)22(21-12)17-7-5-4-6-15(17)11-20-18(23)14(3)16-9-19-10-16;/h4-8,14,16,19H,9-11H2,1-3H3,(H,20,23);1H. The Morgan fingerprint density at radius 2 is 2.08 bits per heavy atom. The summed E-state index contributed by atoms with van der Waals surface area (Å²) in [5, 5.41) is 10.8. The number of para-hydroxylation sites is 1. The van der Waals surface area contributed by atoms with Gasteiger partial charge in [0.1, 0.15) is 0 Å². The molecule has 1 unspecified atom stereocenters. The minimum atomic E-state index is 0. The zero-order valence-corrected chi connectivity index (χ0v) is 15.2. The Hall–Kier alpha value is -1.85. The van der Waals surface area contributed by atoms with Gasteiger partial charge in [-0.2, -0.15) is 5.10 Å². The van der Waals surface area contributed by atoms with Crippen LogP contribution in [0.3, 0.4) is 0 Å². The number of hydrogen-bond acceptors (Lipinski definition) is 3. The van der Waals surface area contributed by atoms with Crippen molar-refractivity contribution in [3.8, 4) is 5.69 Å². The van der Waals surface area contributed by atoms with E-state index in [2.05, 4.69) is 21.8 Å². The van der Waals surface area contributed by atoms with Gasteiger partial charge in [0.15, 0.2) is 0 Å². The third-order valence-electron chi connectivity index (χ3n) is 4.62. The molecule has 130 valence electrons. The molecule has 1 amide bonds. The number of halogens is 1. The van der Waals surface area contributed by atoms with Crippen LogP contribution in [0, 0.1) is 25.7 Å². The summed E-state index contributed by atoms with van der Waals surface area (Å²) in [5.74, 6) is 0.637. The van der Waals surface area contributed by atoms with Gasteiger partial charge >= 0.3 is 0 Å². The number of aryl methyl sites for hydroxylation is 2. The summed E-state index contributed by atoms with van der Waals surface area (Å²) in [6.07, 6.45) is 0. The van der Waals surface area contributed by atoms with E-state index >= 15 is 0 Å². The van der Waals surface area contributed by atoms with Crippen molar-refractivity contribution in [2.24, 2.45) is 11.8 Å². The van der Waals surface area contributed by atoms with Crippen molar-refractivity contribution < 1.29 is 4.79 Å². The molecule has 1 aromatic carbocycles. The molecule has 0 bridgehead atoms. The maximum absolute atomic E-state index is 12.3. The number of amides is 1. The fourth-order valence-electron chi connectivity index (χ4n) is 2.96. The van der Waals surface area contributed by atoms with Gasteiger partial charge in [-0.15, -0.1) is 12.4 Å². The second-order valence-corrected chi connectivity index (χ2v) is 6.39. The number of rotatable bonds is 5. The van der Waals surface area contributed by atoms with E-state index in [0.29, 0.717) is 12.5 Å². The Morgan fingerprint density at radius 1 is 1.38 bits per heavy atom. The van der Waals surface area contributed by atoms with Crippen LogP contribution < -0.4 is 10.6 Å². The van der Waals surface area contributed by atoms with Crippen molar-refractivity contribution in [1.29, 1.82) is 0 Å². The summed E-state index contributed by atoms with van der Waals surface area (Å²) in [6.45, 7) is 8.45. The fraction of sp³-hybridized carbons (Fsp3) is 0.444. The molecule has 2 aromatic rings. The number of aromatic nitrogens is 2. The van der Waals surface area contributed by atoms with Crippen LogP contribution in [0.25, 0.3) is 5.69 Å². The average Bonchev–Trinajstić information content (AvgIpc) is 2.81. The molecule has 5 nitrogen and oxygen atoms in total. The molecule has 2 heterocycles. The SMILES string of the molecule is Cc1cc(C)n(-c2ccccc2CNC(=O)C(C)C2CNC2)n1.Cl. The Balaban J connectivity index is 0.00000208. The van der Waals surface area contributed by atoms with Crippen LogP contribution in [0.15, 0.2) is 30.3 Å². The molecule has 1 aromatic heterocycles. The number of nitrogens with zero attached hydrogens (tertiary/aromatic N) is 2. The largest absolute Gasteiger partial charge is 0.352 e. The van der Waals surface area contributed by atoms with Gasteiger partial charge in [0.2, 0.25) is 5.91 Å². The van der Waals surface area contributed by atoms with Crippen molar-refractivity contribution in [1.82, 2.24) is 20.4 Å². The van der Waals surface area contributed by atoms with E-state index in [1.807, 2.05) is 49.7 Å². The molecule has 1 aliphatic heterocycles. The van der Waals surface area contributed by atoms with E-state index in [1.165, 1.54) is 0 Å². The van der Waals surface area contributed by atoms with E-state index < -0.39 is 0 Å². The summed E-state index contributed by atoms with van der Waals surface area (Å²) in [7, 11) is 0. The van der Waals surface area contributed by atoms with E-state index in [9.17, 15) is 4.79 Å². The first-order valence-electron chi connectivity index (χ1n) is 8.16. The third-order valence-corrected chi connectivity index (χ3v) is 4.62. The number of benzene rings is 1. The van der Waals surface area contributed by atoms with Gasteiger partial charge in [0, 0.05) is 18.2 Å². The van der Waals surface area contributed by atoms with Gasteiger partial charge in [-0.3, -0.25) is 4.79 Å². The van der Waals surface area contributed by atoms with Gasteiger partial charge < -0.3 is 10.6 Å². The highest BCUT2D eigenvalue weighted by Crippen LogP contribution is 2.19. The first kappa shape index (κ1) is 18.5. The zero-order chi connectivity index (χ0) is 16.4. The second-order valence-electron chi connectivity index (χ2n) is 6.39. The minimum absolute atomic E-state index is 0. The van der Waals surface area contributed by atoms with Crippen LogP contribution in [0.2, 0.25) is 0 Å². The van der Waals surface area contributed by atoms with E-state index in [0.717, 1.165) is 35.7 Å². The van der Waals surface area contributed by atoms with Crippen LogP contribution in [-0.4, -0.2) is 28.8 Å². The van der Waals surface area contributed by atoms with Crippen LogP contribution in [-0.2, 0) is 11.3 Å². The summed E-state index contributed by atoms with van der Waals surface area (Å²) in [4.78, 5) is 12.3. The van der Waals surface area contributed by atoms with Crippen molar-refractivity contribution in [3.63, 3.8) is 0 Å². The highest BCUT2D eigenvalue weighted by atomic mass is 35.5. The Labute approximate surface area is 149 Å². The van der Waals surface area contributed by atoms with Gasteiger partial charge in [-0.05, 0) is 50.6 Å². The maximum Gasteiger partial charge on any atom is 0.223 e. The number of carbonyl (C=O) groups is 1. The van der Waals surface area contributed by atoms with Crippen molar-refractivity contribution >= 4 is 18.3 Å². The Morgan fingerprint density at radius 3 is 2.67 bits per heavy atom. The topological polar surface area (TPSA) is 59.0 Å². The summed E-state index contributed by atoms with van der Waals surface area (Å²) >= 11 is 0. The fourth-order valence-corrected chi connectivity index (χ4v) is 2.96. The zero-order valence-electron chi connectivity index (χ0n) is 14.4. The monoisotopic (exact) mass is 348 g/mol. The average molecular weight is 349 g/mol. The van der Waals surface area contributed by atoms with E-state index in [-0.39, 0.29) is 24.2 Å². The van der Waals surface area contributed by atoms with Crippen molar-refractivity contribution in [2.45, 2.75) is 27.3 Å². The normalized spacial score (nSPS) is 15.3. The minimum Gasteiger partial charge on any atom is -0.352 e. The predicted molar refractivity (Wildman–Crippen MR) is 97.7 cm³/mol. The number of carbonyl (C=O) groups excluding carboxylic acids is 1. The Bertz CT molecular complexity index is 709. The first-order valence-corrected chi connectivity index (χ1v) is 8.16. The van der Waals surface area contributed by atoms with Gasteiger partial charge in [-0.25, -0.2) is 4.68 Å². The lowest BCUT2D eigenvalue weighted by atomic mass is 9.88. The maximum atomic E-state index is 12.3. The van der Waals surface area contributed by atoms with Crippen LogP contribution in [0.5, 0.6) is 0 Å². The summed E-state index contributed by atoms with van der Waals surface area (Å²) in [6, 6.07) is 10.1. The first-order chi connectivity index (χ1) is 11.1. The number of nitrogens with one attached hydrogen (secondary N) is 2. The molecule has 24 heavy (non-hydrogen) atoms. The van der Waals surface area contributed by atoms with Gasteiger partial charge in [-0.1, -0.05) is 25.1 Å². The van der Waals surface area contributed by atoms with E-state index in [1.54, 1.807) is 0 Å². The molecule has 0 radical (unpaired) electrons. The lowest BCUT2D eigenvalue weighted by Crippen LogP contribution is -2.49. The molecule has 3 rings (SSSR count). The quantitative estimate of drug-likeness (QED) is 0.872. The molecule has 6 heteroatoms. The highest BCUT2D eigenvalue weighted by Gasteiger charge is 2.28. The van der Waals surface area contributed by atoms with Crippen LogP contribution in [0.4, 0.5) is 0 Å². The molecule has 1 aliphatic rings. The molecule has 0 spiro atoms. The predicted octanol–water partition coefficient (Wildman–Crippen LogP) is 2.38. The van der Waals surface area contributed by atoms with Gasteiger partial charge in [0.25, 0.3) is 0 Å². The summed E-state index contributed by atoms with van der Waals surface area (Å²) < 4.78 is 1.94. The molecule has 2 N–H and O–H groups in total. The Kier molecular flexibility index (Phi) is 6.02. The highest BCUT2D eigenvalue weighted by molar-refractivity contribution is 5.85.